The Labute approximate surface area is 126 Å². The molecule has 7 heteroatoms. The number of ether oxygens (including phenoxy) is 2. The summed E-state index contributed by atoms with van der Waals surface area (Å²) in [6.07, 6.45) is 0. The zero-order valence-electron chi connectivity index (χ0n) is 12.0. The lowest BCUT2D eigenvalue weighted by Crippen LogP contribution is -2.36. The van der Waals surface area contributed by atoms with E-state index in [1.54, 1.807) is 19.2 Å². The van der Waals surface area contributed by atoms with Crippen molar-refractivity contribution in [3.05, 3.63) is 46.2 Å². The molecule has 1 aliphatic heterocycles. The number of nitrogen functional groups attached to an aromatic ring is 1. The molecule has 0 atom stereocenters. The van der Waals surface area contributed by atoms with E-state index in [1.807, 2.05) is 17.6 Å². The van der Waals surface area contributed by atoms with Crippen molar-refractivity contribution in [2.75, 3.05) is 13.2 Å². The lowest BCUT2D eigenvalue weighted by molar-refractivity contribution is 0.0951. The van der Waals surface area contributed by atoms with Crippen molar-refractivity contribution in [1.29, 1.82) is 0 Å². The average molecular weight is 301 g/mol. The van der Waals surface area contributed by atoms with Gasteiger partial charge in [0, 0.05) is 12.6 Å². The molecule has 1 aromatic heterocycles. The Balaban J connectivity index is 2.07. The lowest BCUT2D eigenvalue weighted by Gasteiger charge is -2.19. The molecular formula is C15H15N3O4. The summed E-state index contributed by atoms with van der Waals surface area (Å²) >= 11 is 0. The van der Waals surface area contributed by atoms with E-state index in [-0.39, 0.29) is 5.56 Å². The average Bonchev–Trinajstić information content (AvgIpc) is 2.56. The fourth-order valence-corrected chi connectivity index (χ4v) is 2.38. The highest BCUT2D eigenvalue weighted by atomic mass is 16.6. The van der Waals surface area contributed by atoms with E-state index < -0.39 is 11.5 Å². The van der Waals surface area contributed by atoms with E-state index in [4.69, 9.17) is 15.3 Å². The molecule has 114 valence electrons. The summed E-state index contributed by atoms with van der Waals surface area (Å²) in [6.45, 7) is 1.01. The molecule has 22 heavy (non-hydrogen) atoms. The number of hydrazine groups is 1. The normalized spacial score (nSPS) is 12.8. The molecule has 0 unspecified atom stereocenters. The number of hydrogen-bond acceptors (Lipinski definition) is 5. The Hall–Kier alpha value is -2.80. The molecule has 3 rings (SSSR count). The van der Waals surface area contributed by atoms with Crippen LogP contribution >= 0.6 is 0 Å². The molecule has 3 N–H and O–H groups in total. The summed E-state index contributed by atoms with van der Waals surface area (Å²) in [5.41, 5.74) is 2.99. The fourth-order valence-electron chi connectivity index (χ4n) is 2.38. The van der Waals surface area contributed by atoms with E-state index in [9.17, 15) is 9.59 Å². The number of benzene rings is 1. The van der Waals surface area contributed by atoms with Crippen LogP contribution in [0.4, 0.5) is 0 Å². The first kappa shape index (κ1) is 14.2. The van der Waals surface area contributed by atoms with Crippen molar-refractivity contribution in [3.8, 4) is 22.8 Å². The van der Waals surface area contributed by atoms with Crippen LogP contribution in [-0.2, 0) is 7.05 Å². The number of hydrogen-bond donors (Lipinski definition) is 2. The van der Waals surface area contributed by atoms with Crippen LogP contribution in [0.3, 0.4) is 0 Å². The molecule has 0 spiro atoms. The fraction of sp³-hybridized carbons (Fsp3) is 0.200. The second-order valence-electron chi connectivity index (χ2n) is 4.83. The number of nitrogens with one attached hydrogen (secondary N) is 1. The van der Waals surface area contributed by atoms with E-state index in [0.717, 1.165) is 5.56 Å². The van der Waals surface area contributed by atoms with Crippen LogP contribution in [0.15, 0.2) is 35.1 Å². The second-order valence-corrected chi connectivity index (χ2v) is 4.83. The molecule has 0 bridgehead atoms. The molecule has 2 aromatic rings. The van der Waals surface area contributed by atoms with Crippen LogP contribution in [0.2, 0.25) is 0 Å². The minimum atomic E-state index is -0.616. The van der Waals surface area contributed by atoms with Crippen molar-refractivity contribution >= 4 is 5.91 Å². The first-order valence-electron chi connectivity index (χ1n) is 6.73. The minimum Gasteiger partial charge on any atom is -0.486 e. The molecule has 0 aliphatic carbocycles. The Morgan fingerprint density at radius 2 is 1.91 bits per heavy atom. The smallest absolute Gasteiger partial charge is 0.270 e. The monoisotopic (exact) mass is 301 g/mol. The Morgan fingerprint density at radius 1 is 1.18 bits per heavy atom. The molecule has 2 heterocycles. The van der Waals surface area contributed by atoms with Gasteiger partial charge in [-0.1, -0.05) is 0 Å². The minimum absolute atomic E-state index is 0.00806. The SMILES string of the molecule is Cn1c(-c2ccc3c(c2)OCCO3)ccc(C(=O)NN)c1=O. The first-order valence-corrected chi connectivity index (χ1v) is 6.73. The van der Waals surface area contributed by atoms with E-state index in [0.29, 0.717) is 30.4 Å². The van der Waals surface area contributed by atoms with Gasteiger partial charge in [0.15, 0.2) is 11.5 Å². The number of rotatable bonds is 2. The number of nitrogens with zero attached hydrogens (tertiary/aromatic N) is 1. The van der Waals surface area contributed by atoms with Crippen molar-refractivity contribution in [2.24, 2.45) is 12.9 Å². The number of pyridine rings is 1. The number of nitrogens with two attached hydrogens (primary N) is 1. The molecule has 0 saturated heterocycles. The van der Waals surface area contributed by atoms with Gasteiger partial charge in [0.1, 0.15) is 18.8 Å². The highest BCUT2D eigenvalue weighted by molar-refractivity contribution is 5.93. The summed E-state index contributed by atoms with van der Waals surface area (Å²) in [4.78, 5) is 23.8. The molecule has 1 amide bonds. The summed E-state index contributed by atoms with van der Waals surface area (Å²) in [6, 6.07) is 8.60. The number of fused-ring (bicyclic) bond motifs is 1. The Kier molecular flexibility index (Phi) is 3.56. The van der Waals surface area contributed by atoms with Gasteiger partial charge in [-0.15, -0.1) is 0 Å². The molecule has 0 fully saturated rings. The maximum atomic E-state index is 12.2. The van der Waals surface area contributed by atoms with Gasteiger partial charge in [-0.2, -0.15) is 0 Å². The van der Waals surface area contributed by atoms with Crippen LogP contribution < -0.4 is 26.3 Å². The van der Waals surface area contributed by atoms with E-state index in [2.05, 4.69) is 0 Å². The van der Waals surface area contributed by atoms with Gasteiger partial charge in [0.25, 0.3) is 11.5 Å². The lowest BCUT2D eigenvalue weighted by atomic mass is 10.1. The third-order valence-electron chi connectivity index (χ3n) is 3.52. The number of carbonyl (C=O) groups is 1. The maximum absolute atomic E-state index is 12.2. The summed E-state index contributed by atoms with van der Waals surface area (Å²) in [5, 5.41) is 0. The van der Waals surface area contributed by atoms with Gasteiger partial charge in [0.2, 0.25) is 0 Å². The zero-order valence-corrected chi connectivity index (χ0v) is 12.0. The van der Waals surface area contributed by atoms with Gasteiger partial charge in [-0.3, -0.25) is 15.0 Å². The van der Waals surface area contributed by atoms with Gasteiger partial charge < -0.3 is 14.0 Å². The largest absolute Gasteiger partial charge is 0.486 e. The van der Waals surface area contributed by atoms with Crippen LogP contribution in [0.1, 0.15) is 10.4 Å². The molecule has 1 aromatic carbocycles. The van der Waals surface area contributed by atoms with Crippen LogP contribution in [-0.4, -0.2) is 23.7 Å². The summed E-state index contributed by atoms with van der Waals surface area (Å²) < 4.78 is 12.4. The quantitative estimate of drug-likeness (QED) is 0.476. The van der Waals surface area contributed by atoms with Gasteiger partial charge in [-0.25, -0.2) is 5.84 Å². The predicted octanol–water partition coefficient (Wildman–Crippen LogP) is 0.427. The van der Waals surface area contributed by atoms with Crippen molar-refractivity contribution < 1.29 is 14.3 Å². The van der Waals surface area contributed by atoms with Crippen LogP contribution in [0, 0.1) is 0 Å². The Morgan fingerprint density at radius 3 is 2.64 bits per heavy atom. The predicted molar refractivity (Wildman–Crippen MR) is 79.8 cm³/mol. The second kappa shape index (κ2) is 5.53. The molecule has 1 aliphatic rings. The standard InChI is InChI=1S/C15H15N3O4/c1-18-11(4-3-10(15(18)20)14(19)17-16)9-2-5-12-13(8-9)22-7-6-21-12/h2-5,8H,6-7,16H2,1H3,(H,17,19). The molecule has 0 saturated carbocycles. The summed E-state index contributed by atoms with van der Waals surface area (Å²) in [7, 11) is 1.60. The third kappa shape index (κ3) is 2.31. The van der Waals surface area contributed by atoms with Gasteiger partial charge in [0.05, 0.1) is 5.69 Å². The maximum Gasteiger partial charge on any atom is 0.270 e. The number of carbonyl (C=O) groups excluding carboxylic acids is 1. The van der Waals surface area contributed by atoms with Crippen molar-refractivity contribution in [1.82, 2.24) is 9.99 Å². The van der Waals surface area contributed by atoms with Gasteiger partial charge >= 0.3 is 0 Å². The molecule has 0 radical (unpaired) electrons. The summed E-state index contributed by atoms with van der Waals surface area (Å²) in [5.74, 6) is 5.77. The number of amides is 1. The highest BCUT2D eigenvalue weighted by Crippen LogP contribution is 2.34. The van der Waals surface area contributed by atoms with Crippen LogP contribution in [0.5, 0.6) is 11.5 Å². The van der Waals surface area contributed by atoms with Crippen LogP contribution in [0.25, 0.3) is 11.3 Å². The van der Waals surface area contributed by atoms with E-state index >= 15 is 0 Å². The Bertz CT molecular complexity index is 798. The molecular weight excluding hydrogens is 286 g/mol. The molecule has 7 nitrogen and oxygen atoms in total. The van der Waals surface area contributed by atoms with Gasteiger partial charge in [-0.05, 0) is 30.3 Å². The zero-order chi connectivity index (χ0) is 15.7. The first-order chi connectivity index (χ1) is 10.6. The topological polar surface area (TPSA) is 95.6 Å². The highest BCUT2D eigenvalue weighted by Gasteiger charge is 2.16. The van der Waals surface area contributed by atoms with Crippen molar-refractivity contribution in [2.45, 2.75) is 0 Å². The van der Waals surface area contributed by atoms with E-state index in [1.165, 1.54) is 10.6 Å². The van der Waals surface area contributed by atoms with Crippen molar-refractivity contribution in [3.63, 3.8) is 0 Å². The third-order valence-corrected chi connectivity index (χ3v) is 3.52. The number of aromatic nitrogens is 1.